The number of ether oxygens (including phenoxy) is 2. The predicted molar refractivity (Wildman–Crippen MR) is 61.6 cm³/mol. The molecule has 1 rings (SSSR count). The molecule has 90 valence electrons. The molecule has 0 amide bonds. The summed E-state index contributed by atoms with van der Waals surface area (Å²) in [5, 5.41) is 9.78. The van der Waals surface area contributed by atoms with Gasteiger partial charge in [0.15, 0.2) is 6.29 Å². The van der Waals surface area contributed by atoms with E-state index in [4.69, 9.17) is 9.47 Å². The molecule has 5 heteroatoms. The fourth-order valence-corrected chi connectivity index (χ4v) is 1.86. The Bertz CT molecular complexity index is 342. The van der Waals surface area contributed by atoms with Crippen molar-refractivity contribution in [3.63, 3.8) is 0 Å². The van der Waals surface area contributed by atoms with Crippen LogP contribution in [0.1, 0.15) is 5.56 Å². The maximum atomic E-state index is 13.2. The summed E-state index contributed by atoms with van der Waals surface area (Å²) in [6.07, 6.45) is -1.30. The minimum atomic E-state index is -0.840. The Labute approximate surface area is 102 Å². The lowest BCUT2D eigenvalue weighted by Crippen LogP contribution is -2.31. The lowest BCUT2D eigenvalue weighted by Gasteiger charge is -2.20. The summed E-state index contributed by atoms with van der Waals surface area (Å²) in [5.74, 6) is -0.351. The van der Waals surface area contributed by atoms with Crippen molar-refractivity contribution in [2.75, 3.05) is 14.2 Å². The number of hydrogen-bond donors (Lipinski definition) is 1. The van der Waals surface area contributed by atoms with Crippen molar-refractivity contribution in [1.29, 1.82) is 0 Å². The van der Waals surface area contributed by atoms with Crippen LogP contribution in [0.2, 0.25) is 0 Å². The Morgan fingerprint density at radius 1 is 1.38 bits per heavy atom. The van der Waals surface area contributed by atoms with Crippen LogP contribution in [0.25, 0.3) is 0 Å². The van der Waals surface area contributed by atoms with Gasteiger partial charge in [-0.3, -0.25) is 0 Å². The van der Waals surface area contributed by atoms with E-state index in [1.807, 2.05) is 0 Å². The van der Waals surface area contributed by atoms with Gasteiger partial charge in [0.2, 0.25) is 0 Å². The summed E-state index contributed by atoms with van der Waals surface area (Å²) in [4.78, 5) is 0. The minimum absolute atomic E-state index is 0.255. The van der Waals surface area contributed by atoms with Crippen LogP contribution in [0, 0.1) is 5.82 Å². The highest BCUT2D eigenvalue weighted by Gasteiger charge is 2.19. The summed E-state index contributed by atoms with van der Waals surface area (Å²) in [7, 11) is 2.88. The largest absolute Gasteiger partial charge is 0.387 e. The summed E-state index contributed by atoms with van der Waals surface area (Å²) < 4.78 is 23.4. The quantitative estimate of drug-likeness (QED) is 0.845. The molecule has 0 aromatic heterocycles. The zero-order valence-electron chi connectivity index (χ0n) is 9.11. The molecule has 16 heavy (non-hydrogen) atoms. The Kier molecular flexibility index (Phi) is 5.34. The van der Waals surface area contributed by atoms with Crippen LogP contribution in [0.15, 0.2) is 22.7 Å². The Morgan fingerprint density at radius 2 is 2.00 bits per heavy atom. The first kappa shape index (κ1) is 13.6. The third-order valence-corrected chi connectivity index (χ3v) is 3.13. The van der Waals surface area contributed by atoms with E-state index in [1.54, 1.807) is 12.1 Å². The van der Waals surface area contributed by atoms with Crippen molar-refractivity contribution in [3.05, 3.63) is 34.1 Å². The minimum Gasteiger partial charge on any atom is -0.387 e. The van der Waals surface area contributed by atoms with Crippen molar-refractivity contribution in [1.82, 2.24) is 0 Å². The number of aliphatic hydroxyl groups is 1. The molecule has 0 fully saturated rings. The van der Waals surface area contributed by atoms with Gasteiger partial charge in [-0.1, -0.05) is 12.1 Å². The van der Waals surface area contributed by atoms with E-state index in [0.717, 1.165) is 0 Å². The summed E-state index contributed by atoms with van der Waals surface area (Å²) in [6, 6.07) is 4.68. The molecule has 0 aliphatic carbocycles. The van der Waals surface area contributed by atoms with Gasteiger partial charge in [-0.05, 0) is 27.6 Å². The highest BCUT2D eigenvalue weighted by atomic mass is 79.9. The van der Waals surface area contributed by atoms with Crippen LogP contribution in [-0.4, -0.2) is 31.7 Å². The molecule has 1 unspecified atom stereocenters. The zero-order chi connectivity index (χ0) is 12.1. The van der Waals surface area contributed by atoms with Gasteiger partial charge in [0.05, 0.1) is 4.47 Å². The molecule has 0 aliphatic rings. The highest BCUT2D eigenvalue weighted by Crippen LogP contribution is 2.22. The molecule has 0 heterocycles. The molecule has 0 saturated heterocycles. The molecular weight excluding hydrogens is 279 g/mol. The fraction of sp³-hybridized carbons (Fsp3) is 0.455. The highest BCUT2D eigenvalue weighted by molar-refractivity contribution is 9.10. The maximum Gasteiger partial charge on any atom is 0.183 e. The second-order valence-corrected chi connectivity index (χ2v) is 4.12. The van der Waals surface area contributed by atoms with E-state index in [2.05, 4.69) is 15.9 Å². The van der Waals surface area contributed by atoms with Crippen molar-refractivity contribution < 1.29 is 19.0 Å². The maximum absolute atomic E-state index is 13.2. The first-order chi connectivity index (χ1) is 7.60. The van der Waals surface area contributed by atoms with Crippen molar-refractivity contribution >= 4 is 15.9 Å². The average Bonchev–Trinajstić information content (AvgIpc) is 2.26. The zero-order valence-corrected chi connectivity index (χ0v) is 10.7. The predicted octanol–water partition coefficient (Wildman–Crippen LogP) is 2.11. The van der Waals surface area contributed by atoms with Crippen molar-refractivity contribution in [3.8, 4) is 0 Å². The van der Waals surface area contributed by atoms with Crippen LogP contribution in [0.4, 0.5) is 4.39 Å². The number of aliphatic hydroxyl groups excluding tert-OH is 1. The summed E-state index contributed by atoms with van der Waals surface area (Å²) in [5.41, 5.74) is 0.673. The monoisotopic (exact) mass is 292 g/mol. The third kappa shape index (κ3) is 3.25. The van der Waals surface area contributed by atoms with Crippen LogP contribution < -0.4 is 0 Å². The topological polar surface area (TPSA) is 38.7 Å². The van der Waals surface area contributed by atoms with E-state index in [1.165, 1.54) is 20.3 Å². The number of rotatable bonds is 5. The molecule has 0 radical (unpaired) electrons. The van der Waals surface area contributed by atoms with Gasteiger partial charge in [-0.2, -0.15) is 0 Å². The lowest BCUT2D eigenvalue weighted by atomic mass is 10.1. The molecule has 1 aromatic carbocycles. The van der Waals surface area contributed by atoms with E-state index < -0.39 is 12.4 Å². The van der Waals surface area contributed by atoms with Crippen molar-refractivity contribution in [2.24, 2.45) is 0 Å². The van der Waals surface area contributed by atoms with Crippen LogP contribution in [0.5, 0.6) is 0 Å². The molecule has 1 atom stereocenters. The molecule has 3 nitrogen and oxygen atoms in total. The molecular formula is C11H14BrFO3. The molecule has 0 saturated carbocycles. The van der Waals surface area contributed by atoms with Crippen molar-refractivity contribution in [2.45, 2.75) is 18.8 Å². The second-order valence-electron chi connectivity index (χ2n) is 3.32. The summed E-state index contributed by atoms with van der Waals surface area (Å²) in [6.45, 7) is 0. The molecule has 0 bridgehead atoms. The van der Waals surface area contributed by atoms with Gasteiger partial charge in [0.1, 0.15) is 11.9 Å². The Balaban J connectivity index is 2.76. The van der Waals surface area contributed by atoms with Gasteiger partial charge in [-0.25, -0.2) is 4.39 Å². The number of benzene rings is 1. The third-order valence-electron chi connectivity index (χ3n) is 2.24. The molecule has 1 N–H and O–H groups in total. The fourth-order valence-electron chi connectivity index (χ4n) is 1.44. The van der Waals surface area contributed by atoms with E-state index in [0.29, 0.717) is 10.0 Å². The number of halogens is 2. The number of methoxy groups -OCH3 is 2. The smallest absolute Gasteiger partial charge is 0.183 e. The van der Waals surface area contributed by atoms with Gasteiger partial charge >= 0.3 is 0 Å². The van der Waals surface area contributed by atoms with Crippen LogP contribution in [-0.2, 0) is 15.9 Å². The van der Waals surface area contributed by atoms with Crippen LogP contribution in [0.3, 0.4) is 0 Å². The summed E-state index contributed by atoms with van der Waals surface area (Å²) >= 11 is 3.13. The normalized spacial score (nSPS) is 13.1. The molecule has 0 spiro atoms. The average molecular weight is 293 g/mol. The van der Waals surface area contributed by atoms with Gasteiger partial charge in [0, 0.05) is 20.6 Å². The molecule has 1 aromatic rings. The van der Waals surface area contributed by atoms with E-state index >= 15 is 0 Å². The van der Waals surface area contributed by atoms with E-state index in [-0.39, 0.29) is 12.2 Å². The van der Waals surface area contributed by atoms with Gasteiger partial charge in [0.25, 0.3) is 0 Å². The SMILES string of the molecule is COC(OC)C(O)Cc1cccc(F)c1Br. The molecule has 0 aliphatic heterocycles. The first-order valence-electron chi connectivity index (χ1n) is 4.76. The second kappa shape index (κ2) is 6.30. The number of hydrogen-bond acceptors (Lipinski definition) is 3. The Hall–Kier alpha value is -0.490. The van der Waals surface area contributed by atoms with Crippen LogP contribution >= 0.6 is 15.9 Å². The van der Waals surface area contributed by atoms with E-state index in [9.17, 15) is 9.50 Å². The van der Waals surface area contributed by atoms with Gasteiger partial charge in [-0.15, -0.1) is 0 Å². The first-order valence-corrected chi connectivity index (χ1v) is 5.56. The Morgan fingerprint density at radius 3 is 2.56 bits per heavy atom. The standard InChI is InChI=1S/C11H14BrFO3/c1-15-11(16-2)9(14)6-7-4-3-5-8(13)10(7)12/h3-5,9,11,14H,6H2,1-2H3. The van der Waals surface area contributed by atoms with Gasteiger partial charge < -0.3 is 14.6 Å². The lowest BCUT2D eigenvalue weighted by molar-refractivity contribution is -0.163.